The molecule has 1 amide bonds. The van der Waals surface area contributed by atoms with E-state index in [0.717, 1.165) is 0 Å². The van der Waals surface area contributed by atoms with Crippen molar-refractivity contribution in [2.24, 2.45) is 7.05 Å². The molecule has 0 aliphatic rings. The van der Waals surface area contributed by atoms with Gasteiger partial charge in [-0.25, -0.2) is 9.18 Å². The molecule has 0 fully saturated rings. The summed E-state index contributed by atoms with van der Waals surface area (Å²) in [5, 5.41) is 13.7. The van der Waals surface area contributed by atoms with Crippen LogP contribution in [0.15, 0.2) is 34.8 Å². The Hall–Kier alpha value is -2.63. The second-order valence-electron chi connectivity index (χ2n) is 6.23. The van der Waals surface area contributed by atoms with Gasteiger partial charge in [0.1, 0.15) is 16.6 Å². The number of nitrogens with zero attached hydrogens (tertiary/aromatic N) is 3. The summed E-state index contributed by atoms with van der Waals surface area (Å²) >= 11 is 8.42. The molecule has 0 spiro atoms. The summed E-state index contributed by atoms with van der Waals surface area (Å²) < 4.78 is 25.4. The van der Waals surface area contributed by atoms with E-state index in [2.05, 4.69) is 15.5 Å². The van der Waals surface area contributed by atoms with Crippen molar-refractivity contribution in [3.8, 4) is 5.75 Å². The molecule has 1 N–H and O–H groups in total. The number of thiophene rings is 1. The first-order valence-corrected chi connectivity index (χ1v) is 11.1. The van der Waals surface area contributed by atoms with Gasteiger partial charge in [-0.2, -0.15) is 0 Å². The molecule has 0 radical (unpaired) electrons. The second-order valence-corrected chi connectivity index (χ2v) is 8.49. The highest BCUT2D eigenvalue weighted by molar-refractivity contribution is 7.99. The van der Waals surface area contributed by atoms with E-state index in [9.17, 15) is 14.0 Å². The fraction of sp³-hybridized carbons (Fsp3) is 0.263. The van der Waals surface area contributed by atoms with Gasteiger partial charge in [0.25, 0.3) is 0 Å². The first-order valence-electron chi connectivity index (χ1n) is 8.89. The van der Waals surface area contributed by atoms with Gasteiger partial charge in [-0.3, -0.25) is 4.79 Å². The molecule has 1 aromatic carbocycles. The highest BCUT2D eigenvalue weighted by Gasteiger charge is 2.20. The molecule has 2 aromatic heterocycles. The molecule has 31 heavy (non-hydrogen) atoms. The molecular weight excluding hydrogens is 467 g/mol. The van der Waals surface area contributed by atoms with Crippen molar-refractivity contribution in [2.75, 3.05) is 18.2 Å². The maximum absolute atomic E-state index is 13.2. The Morgan fingerprint density at radius 1 is 1.35 bits per heavy atom. The van der Waals surface area contributed by atoms with E-state index in [4.69, 9.17) is 21.1 Å². The number of benzene rings is 1. The van der Waals surface area contributed by atoms with Gasteiger partial charge < -0.3 is 19.4 Å². The number of methoxy groups -OCH3 is 1. The van der Waals surface area contributed by atoms with Crippen LogP contribution in [0.2, 0.25) is 5.02 Å². The summed E-state index contributed by atoms with van der Waals surface area (Å²) in [6.07, 6.45) is -0.516. The minimum atomic E-state index is -0.516. The number of carbonyl (C=O) groups excluding carboxylic acids is 2. The van der Waals surface area contributed by atoms with Crippen molar-refractivity contribution < 1.29 is 23.5 Å². The lowest BCUT2D eigenvalue weighted by Gasteiger charge is -2.15. The van der Waals surface area contributed by atoms with E-state index < -0.39 is 17.9 Å². The summed E-state index contributed by atoms with van der Waals surface area (Å²) in [5.41, 5.74) is 0.303. The van der Waals surface area contributed by atoms with Crippen LogP contribution in [0, 0.1) is 5.82 Å². The molecule has 1 atom stereocenters. The molecule has 0 bridgehead atoms. The van der Waals surface area contributed by atoms with E-state index in [1.165, 1.54) is 48.4 Å². The highest BCUT2D eigenvalue weighted by Crippen LogP contribution is 2.30. The number of ether oxygens (including phenoxy) is 2. The number of rotatable bonds is 8. The molecule has 1 unspecified atom stereocenters. The average molecular weight is 485 g/mol. The Bertz CT molecular complexity index is 1100. The molecule has 0 aliphatic heterocycles. The van der Waals surface area contributed by atoms with Crippen molar-refractivity contribution in [1.82, 2.24) is 14.8 Å². The molecule has 8 nitrogen and oxygen atoms in total. The number of hydrogen-bond donors (Lipinski definition) is 1. The van der Waals surface area contributed by atoms with Gasteiger partial charge >= 0.3 is 5.97 Å². The zero-order valence-corrected chi connectivity index (χ0v) is 19.1. The highest BCUT2D eigenvalue weighted by atomic mass is 35.5. The zero-order chi connectivity index (χ0) is 22.5. The van der Waals surface area contributed by atoms with Gasteiger partial charge in [0.2, 0.25) is 5.91 Å². The number of thioether (sulfide) groups is 1. The lowest BCUT2D eigenvalue weighted by Crippen LogP contribution is -2.16. The Balaban J connectivity index is 1.60. The quantitative estimate of drug-likeness (QED) is 0.375. The predicted molar refractivity (Wildman–Crippen MR) is 116 cm³/mol. The van der Waals surface area contributed by atoms with Gasteiger partial charge in [-0.05, 0) is 36.6 Å². The average Bonchev–Trinajstić information content (AvgIpc) is 3.34. The number of amides is 1. The number of anilines is 1. The fourth-order valence-electron chi connectivity index (χ4n) is 2.59. The van der Waals surface area contributed by atoms with Crippen molar-refractivity contribution in [2.45, 2.75) is 18.2 Å². The number of carbonyl (C=O) groups is 2. The molecule has 12 heteroatoms. The maximum Gasteiger partial charge on any atom is 0.340 e. The van der Waals surface area contributed by atoms with Crippen LogP contribution in [0.4, 0.5) is 9.39 Å². The molecule has 0 saturated heterocycles. The normalized spacial score (nSPS) is 11.8. The lowest BCUT2D eigenvalue weighted by atomic mass is 10.3. The Labute approximate surface area is 190 Å². The van der Waals surface area contributed by atoms with E-state index in [-0.39, 0.29) is 16.7 Å². The molecular formula is C19H18ClFN4O4S2. The van der Waals surface area contributed by atoms with Crippen LogP contribution >= 0.6 is 34.7 Å². The first-order chi connectivity index (χ1) is 14.8. The number of nitrogens with one attached hydrogen (secondary N) is 1. The monoisotopic (exact) mass is 484 g/mol. The minimum Gasteiger partial charge on any atom is -0.481 e. The molecule has 3 aromatic rings. The summed E-state index contributed by atoms with van der Waals surface area (Å²) in [5.74, 6) is -0.383. The maximum atomic E-state index is 13.2. The van der Waals surface area contributed by atoms with Crippen LogP contribution in [0.25, 0.3) is 0 Å². The van der Waals surface area contributed by atoms with E-state index in [0.29, 0.717) is 27.3 Å². The summed E-state index contributed by atoms with van der Waals surface area (Å²) in [7, 11) is 3.03. The van der Waals surface area contributed by atoms with Crippen molar-refractivity contribution in [1.29, 1.82) is 0 Å². The minimum absolute atomic E-state index is 0.0590. The van der Waals surface area contributed by atoms with Crippen LogP contribution in [0.3, 0.4) is 0 Å². The summed E-state index contributed by atoms with van der Waals surface area (Å²) in [4.78, 5) is 24.0. The molecule has 2 heterocycles. The van der Waals surface area contributed by atoms with Gasteiger partial charge in [0.05, 0.1) is 23.4 Å². The number of aromatic nitrogens is 3. The second kappa shape index (κ2) is 10.1. The lowest BCUT2D eigenvalue weighted by molar-refractivity contribution is -0.113. The first kappa shape index (κ1) is 23.0. The fourth-order valence-corrected chi connectivity index (χ4v) is 4.31. The largest absolute Gasteiger partial charge is 0.481 e. The van der Waals surface area contributed by atoms with Gasteiger partial charge in [0.15, 0.2) is 17.1 Å². The summed E-state index contributed by atoms with van der Waals surface area (Å²) in [6, 6.07) is 5.45. The number of hydrogen-bond acceptors (Lipinski definition) is 8. The summed E-state index contributed by atoms with van der Waals surface area (Å²) in [6.45, 7) is 1.76. The number of halogens is 2. The Morgan fingerprint density at radius 3 is 2.84 bits per heavy atom. The van der Waals surface area contributed by atoms with Crippen LogP contribution in [0.1, 0.15) is 29.2 Å². The van der Waals surface area contributed by atoms with Crippen LogP contribution in [-0.4, -0.2) is 39.5 Å². The van der Waals surface area contributed by atoms with E-state index in [1.807, 2.05) is 0 Å². The third-order valence-corrected chi connectivity index (χ3v) is 6.23. The van der Waals surface area contributed by atoms with E-state index >= 15 is 0 Å². The topological polar surface area (TPSA) is 95.3 Å². The van der Waals surface area contributed by atoms with Gasteiger partial charge in [-0.15, -0.1) is 21.5 Å². The van der Waals surface area contributed by atoms with Crippen LogP contribution in [0.5, 0.6) is 5.75 Å². The number of esters is 1. The molecule has 0 aliphatic carbocycles. The third-order valence-electron chi connectivity index (χ3n) is 4.09. The van der Waals surface area contributed by atoms with Gasteiger partial charge in [-0.1, -0.05) is 23.4 Å². The zero-order valence-electron chi connectivity index (χ0n) is 16.7. The standard InChI is InChI=1S/C19H18ClFN4O4S2/c1-10(29-14-5-4-11(21)8-13(14)20)16-23-24-19(25(16)2)31-9-15(26)22-17-12(6-7-30-17)18(27)28-3/h4-8,10H,9H2,1-3H3,(H,22,26). The van der Waals surface area contributed by atoms with Crippen LogP contribution in [-0.2, 0) is 16.6 Å². The molecule has 164 valence electrons. The smallest absolute Gasteiger partial charge is 0.340 e. The third kappa shape index (κ3) is 5.54. The Kier molecular flexibility index (Phi) is 7.52. The van der Waals surface area contributed by atoms with E-state index in [1.54, 1.807) is 30.0 Å². The Morgan fingerprint density at radius 2 is 2.13 bits per heavy atom. The van der Waals surface area contributed by atoms with Crippen LogP contribution < -0.4 is 10.1 Å². The molecule has 3 rings (SSSR count). The van der Waals surface area contributed by atoms with Crippen molar-refractivity contribution >= 4 is 51.6 Å². The van der Waals surface area contributed by atoms with Crippen molar-refractivity contribution in [3.05, 3.63) is 51.9 Å². The SMILES string of the molecule is COC(=O)c1ccsc1NC(=O)CSc1nnc(C(C)Oc2ccc(F)cc2Cl)n1C. The van der Waals surface area contributed by atoms with Gasteiger partial charge in [0, 0.05) is 7.05 Å². The van der Waals surface area contributed by atoms with Crippen molar-refractivity contribution in [3.63, 3.8) is 0 Å². The predicted octanol–water partition coefficient (Wildman–Crippen LogP) is 4.33. The molecule has 0 saturated carbocycles.